The molecule has 0 bridgehead atoms. The number of nitro benzene ring substituents is 1. The smallest absolute Gasteiger partial charge is 0.272 e. The van der Waals surface area contributed by atoms with Gasteiger partial charge in [-0.15, -0.1) is 0 Å². The highest BCUT2D eigenvalue weighted by Gasteiger charge is 2.33. The number of nitrogens with one attached hydrogen (secondary N) is 1. The van der Waals surface area contributed by atoms with Crippen LogP contribution in [0, 0.1) is 23.0 Å². The number of benzene rings is 1. The van der Waals surface area contributed by atoms with E-state index in [1.807, 2.05) is 6.07 Å². The molecule has 2 rings (SSSR count). The fourth-order valence-corrected chi connectivity index (χ4v) is 2.50. The lowest BCUT2D eigenvalue weighted by atomic mass is 10.1. The van der Waals surface area contributed by atoms with E-state index in [9.17, 15) is 14.9 Å². The van der Waals surface area contributed by atoms with E-state index in [4.69, 9.17) is 0 Å². The van der Waals surface area contributed by atoms with E-state index in [0.29, 0.717) is 18.0 Å². The first-order valence-corrected chi connectivity index (χ1v) is 7.21. The van der Waals surface area contributed by atoms with Crippen molar-refractivity contribution in [1.29, 1.82) is 0 Å². The summed E-state index contributed by atoms with van der Waals surface area (Å²) in [5, 5.41) is 14.2. The van der Waals surface area contributed by atoms with E-state index < -0.39 is 0 Å². The lowest BCUT2D eigenvalue weighted by molar-refractivity contribution is -0.385. The van der Waals surface area contributed by atoms with Crippen LogP contribution >= 0.6 is 0 Å². The quantitative estimate of drug-likeness (QED) is 0.667. The Balaban J connectivity index is 2.29. The number of nitrogens with zero attached hydrogens (tertiary/aromatic N) is 2. The second-order valence-corrected chi connectivity index (χ2v) is 5.65. The first-order valence-electron chi connectivity index (χ1n) is 7.21. The van der Waals surface area contributed by atoms with E-state index in [-0.39, 0.29) is 29.2 Å². The van der Waals surface area contributed by atoms with Gasteiger partial charge < -0.3 is 4.90 Å². The Kier molecular flexibility index (Phi) is 4.57. The van der Waals surface area contributed by atoms with E-state index in [0.717, 1.165) is 12.0 Å². The van der Waals surface area contributed by atoms with Crippen molar-refractivity contribution in [2.45, 2.75) is 33.4 Å². The van der Waals surface area contributed by atoms with Crippen LogP contribution in [0.3, 0.4) is 0 Å². The van der Waals surface area contributed by atoms with Crippen molar-refractivity contribution in [3.8, 4) is 0 Å². The summed E-state index contributed by atoms with van der Waals surface area (Å²) >= 11 is 0. The van der Waals surface area contributed by atoms with Crippen molar-refractivity contribution in [3.63, 3.8) is 0 Å². The van der Waals surface area contributed by atoms with Crippen LogP contribution in [0.2, 0.25) is 0 Å². The predicted molar refractivity (Wildman–Crippen MR) is 79.7 cm³/mol. The molecule has 6 nitrogen and oxygen atoms in total. The van der Waals surface area contributed by atoms with Gasteiger partial charge in [-0.2, -0.15) is 0 Å². The number of hydrogen-bond acceptors (Lipinski definition) is 4. The summed E-state index contributed by atoms with van der Waals surface area (Å²) in [6, 6.07) is 5.15. The van der Waals surface area contributed by atoms with Gasteiger partial charge in [0.05, 0.1) is 11.5 Å². The van der Waals surface area contributed by atoms with Gasteiger partial charge in [-0.25, -0.2) is 0 Å². The highest BCUT2D eigenvalue weighted by molar-refractivity contribution is 5.81. The van der Waals surface area contributed by atoms with Crippen molar-refractivity contribution in [2.24, 2.45) is 5.92 Å². The van der Waals surface area contributed by atoms with Crippen molar-refractivity contribution in [2.75, 3.05) is 13.1 Å². The fourth-order valence-electron chi connectivity index (χ4n) is 2.50. The van der Waals surface area contributed by atoms with Crippen molar-refractivity contribution >= 4 is 11.6 Å². The second-order valence-electron chi connectivity index (χ2n) is 5.65. The first kappa shape index (κ1) is 15.4. The molecule has 0 radical (unpaired) electrons. The van der Waals surface area contributed by atoms with E-state index in [1.54, 1.807) is 24.0 Å². The highest BCUT2D eigenvalue weighted by atomic mass is 16.6. The molecular formula is C15H21N3O3. The van der Waals surface area contributed by atoms with E-state index in [2.05, 4.69) is 19.2 Å². The number of amides is 1. The van der Waals surface area contributed by atoms with Gasteiger partial charge in [0, 0.05) is 18.2 Å². The van der Waals surface area contributed by atoms with Crippen LogP contribution < -0.4 is 5.32 Å². The Morgan fingerprint density at radius 3 is 2.86 bits per heavy atom. The summed E-state index contributed by atoms with van der Waals surface area (Å²) in [5.41, 5.74) is 1.49. The summed E-state index contributed by atoms with van der Waals surface area (Å²) in [4.78, 5) is 24.5. The van der Waals surface area contributed by atoms with E-state index >= 15 is 0 Å². The first-order chi connectivity index (χ1) is 9.93. The van der Waals surface area contributed by atoms with Crippen LogP contribution in [-0.4, -0.2) is 28.8 Å². The minimum atomic E-state index is -0.380. The molecule has 1 aliphatic heterocycles. The van der Waals surface area contributed by atoms with Crippen LogP contribution in [0.4, 0.5) is 5.69 Å². The number of hydrogen-bond donors (Lipinski definition) is 1. The molecule has 114 valence electrons. The third-order valence-corrected chi connectivity index (χ3v) is 4.03. The Hall–Kier alpha value is -1.95. The molecule has 1 amide bonds. The maximum absolute atomic E-state index is 12.0. The number of carbonyl (C=O) groups is 1. The topological polar surface area (TPSA) is 75.5 Å². The Labute approximate surface area is 124 Å². The highest BCUT2D eigenvalue weighted by Crippen LogP contribution is 2.28. The lowest BCUT2D eigenvalue weighted by Gasteiger charge is -2.27. The van der Waals surface area contributed by atoms with Gasteiger partial charge in [-0.05, 0) is 18.4 Å². The maximum Gasteiger partial charge on any atom is 0.272 e. The Bertz CT molecular complexity index is 559. The number of aryl methyl sites for hydroxylation is 1. The van der Waals surface area contributed by atoms with Crippen LogP contribution in [0.1, 0.15) is 37.6 Å². The van der Waals surface area contributed by atoms with Crippen LogP contribution in [-0.2, 0) is 4.79 Å². The molecule has 21 heavy (non-hydrogen) atoms. The van der Waals surface area contributed by atoms with Crippen molar-refractivity contribution < 1.29 is 9.72 Å². The molecule has 1 aromatic carbocycles. The van der Waals surface area contributed by atoms with Gasteiger partial charge in [0.25, 0.3) is 5.69 Å². The molecule has 1 saturated heterocycles. The molecular weight excluding hydrogens is 270 g/mol. The molecule has 1 aromatic rings. The third kappa shape index (κ3) is 3.21. The fraction of sp³-hybridized carbons (Fsp3) is 0.533. The monoisotopic (exact) mass is 291 g/mol. The standard InChI is InChI=1S/C15H21N3O3/c1-4-10(2)9-17-14(19)8-16-15(17)12-6-5-11(3)13(7-12)18(20)21/h5-7,10,15-16H,4,8-9H2,1-3H3. The van der Waals surface area contributed by atoms with Gasteiger partial charge in [0.2, 0.25) is 5.91 Å². The van der Waals surface area contributed by atoms with Gasteiger partial charge in [-0.1, -0.05) is 32.4 Å². The minimum absolute atomic E-state index is 0.0449. The number of carbonyl (C=O) groups excluding carboxylic acids is 1. The average Bonchev–Trinajstić information content (AvgIpc) is 2.80. The third-order valence-electron chi connectivity index (χ3n) is 4.03. The summed E-state index contributed by atoms with van der Waals surface area (Å²) in [7, 11) is 0. The zero-order valence-corrected chi connectivity index (χ0v) is 12.6. The minimum Gasteiger partial charge on any atom is -0.322 e. The molecule has 1 fully saturated rings. The van der Waals surface area contributed by atoms with Gasteiger partial charge in [0.15, 0.2) is 0 Å². The zero-order chi connectivity index (χ0) is 15.6. The number of rotatable bonds is 5. The molecule has 6 heteroatoms. The molecule has 2 unspecified atom stereocenters. The van der Waals surface area contributed by atoms with Crippen LogP contribution in [0.25, 0.3) is 0 Å². The molecule has 1 heterocycles. The molecule has 0 saturated carbocycles. The second kappa shape index (κ2) is 6.22. The normalized spacial score (nSPS) is 19.9. The summed E-state index contributed by atoms with van der Waals surface area (Å²) in [6.45, 7) is 6.84. The molecule has 1 aliphatic rings. The number of nitro groups is 1. The van der Waals surface area contributed by atoms with Gasteiger partial charge in [0.1, 0.15) is 6.17 Å². The maximum atomic E-state index is 12.0. The van der Waals surface area contributed by atoms with Crippen LogP contribution in [0.5, 0.6) is 0 Å². The molecule has 1 N–H and O–H groups in total. The largest absolute Gasteiger partial charge is 0.322 e. The SMILES string of the molecule is CCC(C)CN1C(=O)CNC1c1ccc(C)c([N+](=O)[O-])c1. The van der Waals surface area contributed by atoms with Gasteiger partial charge in [-0.3, -0.25) is 20.2 Å². The van der Waals surface area contributed by atoms with Gasteiger partial charge >= 0.3 is 0 Å². The predicted octanol–water partition coefficient (Wildman–Crippen LogP) is 2.38. The zero-order valence-electron chi connectivity index (χ0n) is 12.6. The van der Waals surface area contributed by atoms with Crippen LogP contribution in [0.15, 0.2) is 18.2 Å². The molecule has 2 atom stereocenters. The Morgan fingerprint density at radius 2 is 2.24 bits per heavy atom. The molecule has 0 aromatic heterocycles. The lowest BCUT2D eigenvalue weighted by Crippen LogP contribution is -2.34. The average molecular weight is 291 g/mol. The summed E-state index contributed by atoms with van der Waals surface area (Å²) < 4.78 is 0. The van der Waals surface area contributed by atoms with Crippen molar-refractivity contribution in [1.82, 2.24) is 10.2 Å². The summed E-state index contributed by atoms with van der Waals surface area (Å²) in [6.07, 6.45) is 0.718. The Morgan fingerprint density at radius 1 is 1.52 bits per heavy atom. The van der Waals surface area contributed by atoms with Crippen molar-refractivity contribution in [3.05, 3.63) is 39.4 Å². The summed E-state index contributed by atoms with van der Waals surface area (Å²) in [5.74, 6) is 0.445. The van der Waals surface area contributed by atoms with E-state index in [1.165, 1.54) is 0 Å². The molecule has 0 aliphatic carbocycles. The molecule has 0 spiro atoms.